The van der Waals surface area contributed by atoms with E-state index in [1.807, 2.05) is 0 Å². The third-order valence-electron chi connectivity index (χ3n) is 2.97. The molecule has 0 aliphatic carbocycles. The van der Waals surface area contributed by atoms with Gasteiger partial charge in [-0.3, -0.25) is 19.1 Å². The Hall–Kier alpha value is -1.89. The second-order valence-corrected chi connectivity index (χ2v) is 4.34. The monoisotopic (exact) mass is 268 g/mol. The number of hydrogen-bond acceptors (Lipinski definition) is 5. The molecule has 1 aliphatic heterocycles. The van der Waals surface area contributed by atoms with Gasteiger partial charge in [-0.15, -0.1) is 0 Å². The fourth-order valence-corrected chi connectivity index (χ4v) is 1.96. The van der Waals surface area contributed by atoms with E-state index in [9.17, 15) is 14.4 Å². The molecule has 2 atom stereocenters. The predicted octanol–water partition coefficient (Wildman–Crippen LogP) is 0.167. The van der Waals surface area contributed by atoms with Gasteiger partial charge in [0.15, 0.2) is 0 Å². The molecule has 1 N–H and O–H groups in total. The van der Waals surface area contributed by atoms with Crippen molar-refractivity contribution in [2.24, 2.45) is 0 Å². The Morgan fingerprint density at radius 3 is 3.00 bits per heavy atom. The van der Waals surface area contributed by atoms with E-state index in [1.54, 1.807) is 6.92 Å². The zero-order chi connectivity index (χ0) is 13.8. The first-order chi connectivity index (χ1) is 9.10. The van der Waals surface area contributed by atoms with E-state index in [0.29, 0.717) is 19.3 Å². The molecule has 0 spiro atoms. The number of H-pyrrole nitrogens is 1. The molecule has 0 radical (unpaired) electrons. The highest BCUT2D eigenvalue weighted by atomic mass is 16.6. The van der Waals surface area contributed by atoms with Crippen molar-refractivity contribution in [1.82, 2.24) is 9.55 Å². The number of esters is 1. The fraction of sp³-hybridized carbons (Fsp3) is 0.583. The second-order valence-electron chi connectivity index (χ2n) is 4.34. The summed E-state index contributed by atoms with van der Waals surface area (Å²) in [5, 5.41) is 0. The van der Waals surface area contributed by atoms with E-state index in [1.165, 1.54) is 16.8 Å². The lowest BCUT2D eigenvalue weighted by molar-refractivity contribution is -0.148. The minimum atomic E-state index is -0.497. The number of aromatic nitrogens is 2. The number of aromatic amines is 1. The lowest BCUT2D eigenvalue weighted by atomic mass is 10.2. The number of ether oxygens (including phenoxy) is 2. The molecular weight excluding hydrogens is 252 g/mol. The van der Waals surface area contributed by atoms with Crippen LogP contribution in [0.5, 0.6) is 0 Å². The van der Waals surface area contributed by atoms with Crippen molar-refractivity contribution in [2.45, 2.75) is 38.5 Å². The number of hydrogen-bond donors (Lipinski definition) is 1. The quantitative estimate of drug-likeness (QED) is 0.786. The summed E-state index contributed by atoms with van der Waals surface area (Å²) in [7, 11) is 0. The van der Waals surface area contributed by atoms with Gasteiger partial charge in [0.05, 0.1) is 6.10 Å². The van der Waals surface area contributed by atoms with E-state index in [0.717, 1.165) is 0 Å². The first kappa shape index (κ1) is 13.5. The Balaban J connectivity index is 1.96. The summed E-state index contributed by atoms with van der Waals surface area (Å²) in [4.78, 5) is 35.8. The van der Waals surface area contributed by atoms with Crippen LogP contribution in [0.25, 0.3) is 0 Å². The van der Waals surface area contributed by atoms with Gasteiger partial charge in [0.1, 0.15) is 12.8 Å². The molecule has 0 aromatic carbocycles. The molecule has 0 saturated carbocycles. The number of carbonyl (C=O) groups is 1. The van der Waals surface area contributed by atoms with Gasteiger partial charge in [-0.25, -0.2) is 4.79 Å². The van der Waals surface area contributed by atoms with Crippen LogP contribution >= 0.6 is 0 Å². The summed E-state index contributed by atoms with van der Waals surface area (Å²) in [5.41, 5.74) is -0.934. The zero-order valence-electron chi connectivity index (χ0n) is 10.6. The summed E-state index contributed by atoms with van der Waals surface area (Å²) in [6.07, 6.45) is 2.45. The lowest BCUT2D eigenvalue weighted by Gasteiger charge is -2.15. The van der Waals surface area contributed by atoms with E-state index < -0.39 is 17.5 Å². The Morgan fingerprint density at radius 2 is 2.32 bits per heavy atom. The van der Waals surface area contributed by atoms with Crippen LogP contribution in [0.15, 0.2) is 21.9 Å². The maximum absolute atomic E-state index is 11.6. The molecule has 1 fully saturated rings. The molecule has 1 aromatic rings. The van der Waals surface area contributed by atoms with Gasteiger partial charge in [0, 0.05) is 18.7 Å². The summed E-state index contributed by atoms with van der Waals surface area (Å²) < 4.78 is 12.0. The Kier molecular flexibility index (Phi) is 4.16. The highest BCUT2D eigenvalue weighted by Crippen LogP contribution is 2.26. The first-order valence-electron chi connectivity index (χ1n) is 6.22. The van der Waals surface area contributed by atoms with Crippen molar-refractivity contribution < 1.29 is 14.3 Å². The molecule has 1 aromatic heterocycles. The van der Waals surface area contributed by atoms with Crippen LogP contribution in [0, 0.1) is 0 Å². The summed E-state index contributed by atoms with van der Waals surface area (Å²) in [5.74, 6) is -0.270. The van der Waals surface area contributed by atoms with Gasteiger partial charge in [-0.1, -0.05) is 6.92 Å². The van der Waals surface area contributed by atoms with Gasteiger partial charge in [-0.05, 0) is 12.8 Å². The number of nitrogens with zero attached hydrogens (tertiary/aromatic N) is 1. The Bertz CT molecular complexity index is 562. The summed E-state index contributed by atoms with van der Waals surface area (Å²) in [6.45, 7) is 1.92. The van der Waals surface area contributed by atoms with Gasteiger partial charge >= 0.3 is 11.7 Å². The van der Waals surface area contributed by atoms with Crippen LogP contribution in [0.2, 0.25) is 0 Å². The predicted molar refractivity (Wildman–Crippen MR) is 65.7 cm³/mol. The normalized spacial score (nSPS) is 22.4. The summed E-state index contributed by atoms with van der Waals surface area (Å²) >= 11 is 0. The Labute approximate surface area is 109 Å². The van der Waals surface area contributed by atoms with Crippen LogP contribution in [0.3, 0.4) is 0 Å². The minimum absolute atomic E-state index is 0.196. The molecule has 7 heteroatoms. The molecule has 0 amide bonds. The van der Waals surface area contributed by atoms with E-state index >= 15 is 0 Å². The standard InChI is InChI=1S/C12H16N2O5/c1-2-11(16)18-7-8-3-4-10(19-8)14-6-5-9(15)13-12(14)17/h5-6,8,10H,2-4,7H2,1H3,(H,13,15,17). The topological polar surface area (TPSA) is 90.4 Å². The average Bonchev–Trinajstić information content (AvgIpc) is 2.84. The molecule has 7 nitrogen and oxygen atoms in total. The molecule has 19 heavy (non-hydrogen) atoms. The van der Waals surface area contributed by atoms with Gasteiger partial charge < -0.3 is 9.47 Å². The maximum atomic E-state index is 11.6. The van der Waals surface area contributed by atoms with Gasteiger partial charge in [-0.2, -0.15) is 0 Å². The van der Waals surface area contributed by atoms with Crippen molar-refractivity contribution in [3.63, 3.8) is 0 Å². The highest BCUT2D eigenvalue weighted by Gasteiger charge is 2.28. The van der Waals surface area contributed by atoms with Crippen molar-refractivity contribution >= 4 is 5.97 Å². The number of rotatable bonds is 4. The molecule has 1 aliphatic rings. The fourth-order valence-electron chi connectivity index (χ4n) is 1.96. The van der Waals surface area contributed by atoms with Gasteiger partial charge in [0.25, 0.3) is 5.56 Å². The third-order valence-corrected chi connectivity index (χ3v) is 2.97. The van der Waals surface area contributed by atoms with Crippen molar-refractivity contribution in [2.75, 3.05) is 6.61 Å². The molecule has 2 heterocycles. The van der Waals surface area contributed by atoms with Crippen LogP contribution in [-0.2, 0) is 14.3 Å². The first-order valence-corrected chi connectivity index (χ1v) is 6.22. The van der Waals surface area contributed by atoms with Gasteiger partial charge in [0.2, 0.25) is 0 Å². The molecular formula is C12H16N2O5. The number of carbonyl (C=O) groups excluding carboxylic acids is 1. The maximum Gasteiger partial charge on any atom is 0.330 e. The van der Waals surface area contributed by atoms with Crippen LogP contribution < -0.4 is 11.2 Å². The number of nitrogens with one attached hydrogen (secondary N) is 1. The molecule has 2 rings (SSSR count). The minimum Gasteiger partial charge on any atom is -0.463 e. The van der Waals surface area contributed by atoms with E-state index in [2.05, 4.69) is 4.98 Å². The average molecular weight is 268 g/mol. The van der Waals surface area contributed by atoms with Crippen molar-refractivity contribution in [1.29, 1.82) is 0 Å². The van der Waals surface area contributed by atoms with Crippen LogP contribution in [0.1, 0.15) is 32.4 Å². The van der Waals surface area contributed by atoms with Crippen LogP contribution in [0.4, 0.5) is 0 Å². The van der Waals surface area contributed by atoms with Crippen molar-refractivity contribution in [3.05, 3.63) is 33.1 Å². The van der Waals surface area contributed by atoms with E-state index in [4.69, 9.17) is 9.47 Å². The third kappa shape index (κ3) is 3.31. The molecule has 1 saturated heterocycles. The lowest BCUT2D eigenvalue weighted by Crippen LogP contribution is -2.31. The molecule has 104 valence electrons. The smallest absolute Gasteiger partial charge is 0.330 e. The second kappa shape index (κ2) is 5.83. The zero-order valence-corrected chi connectivity index (χ0v) is 10.6. The van der Waals surface area contributed by atoms with E-state index in [-0.39, 0.29) is 18.7 Å². The molecule has 2 unspecified atom stereocenters. The molecule has 0 bridgehead atoms. The SMILES string of the molecule is CCC(=O)OCC1CCC(n2ccc(=O)[nH]c2=O)O1. The largest absolute Gasteiger partial charge is 0.463 e. The van der Waals surface area contributed by atoms with Crippen LogP contribution in [-0.4, -0.2) is 28.2 Å². The Morgan fingerprint density at radius 1 is 1.53 bits per heavy atom. The summed E-state index contributed by atoms with van der Waals surface area (Å²) in [6, 6.07) is 1.27. The van der Waals surface area contributed by atoms with Crippen molar-refractivity contribution in [3.8, 4) is 0 Å². The highest BCUT2D eigenvalue weighted by molar-refractivity contribution is 5.68.